The van der Waals surface area contributed by atoms with E-state index in [1.54, 1.807) is 0 Å². The molecule has 0 fully saturated rings. The van der Waals surface area contributed by atoms with Crippen LogP contribution in [0.25, 0.3) is 0 Å². The summed E-state index contributed by atoms with van der Waals surface area (Å²) in [4.78, 5) is 2.06. The zero-order chi connectivity index (χ0) is 11.4. The molecular weight excluding hydrogens is 198 g/mol. The summed E-state index contributed by atoms with van der Waals surface area (Å²) < 4.78 is 5.88. The van der Waals surface area contributed by atoms with E-state index in [1.165, 1.54) is 0 Å². The van der Waals surface area contributed by atoms with Crippen LogP contribution in [-0.4, -0.2) is 14.1 Å². The molecule has 2 heteroatoms. The van der Waals surface area contributed by atoms with Gasteiger partial charge in [-0.3, -0.25) is 0 Å². The Kier molecular flexibility index (Phi) is 3.30. The van der Waals surface area contributed by atoms with Crippen LogP contribution in [0.15, 0.2) is 48.3 Å². The molecule has 16 heavy (non-hydrogen) atoms. The lowest BCUT2D eigenvalue weighted by Gasteiger charge is -2.18. The molecule has 0 saturated heterocycles. The minimum absolute atomic E-state index is 0.908. The predicted molar refractivity (Wildman–Crippen MR) is 67.9 cm³/mol. The molecule has 0 radical (unpaired) electrons. The molecule has 1 aromatic carbocycles. The smallest absolute Gasteiger partial charge is 0.150 e. The monoisotopic (exact) mass is 215 g/mol. The number of benzene rings is 1. The van der Waals surface area contributed by atoms with Crippen molar-refractivity contribution in [2.45, 2.75) is 12.8 Å². The maximum Gasteiger partial charge on any atom is 0.150 e. The van der Waals surface area contributed by atoms with Crippen molar-refractivity contribution in [3.63, 3.8) is 0 Å². The molecule has 0 heterocycles. The van der Waals surface area contributed by atoms with Crippen molar-refractivity contribution in [1.29, 1.82) is 0 Å². The van der Waals surface area contributed by atoms with Gasteiger partial charge in [-0.1, -0.05) is 18.2 Å². The highest BCUT2D eigenvalue weighted by Crippen LogP contribution is 2.28. The first-order valence-corrected chi connectivity index (χ1v) is 5.58. The quantitative estimate of drug-likeness (QED) is 0.766. The van der Waals surface area contributed by atoms with Gasteiger partial charge in [0, 0.05) is 14.1 Å². The standard InChI is InChI=1S/C14H17NO/c1-15(2)13-10-6-7-11-14(13)16-12-8-4-3-5-9-12/h4,6-11H,3,5H2,1-2H3. The molecule has 1 aliphatic rings. The van der Waals surface area contributed by atoms with Crippen molar-refractivity contribution in [3.8, 4) is 5.75 Å². The van der Waals surface area contributed by atoms with Crippen LogP contribution in [0.2, 0.25) is 0 Å². The topological polar surface area (TPSA) is 12.5 Å². The van der Waals surface area contributed by atoms with Gasteiger partial charge in [0.05, 0.1) is 5.69 Å². The number of rotatable bonds is 3. The molecule has 2 rings (SSSR count). The van der Waals surface area contributed by atoms with Crippen LogP contribution in [0.1, 0.15) is 12.8 Å². The number of hydrogen-bond acceptors (Lipinski definition) is 2. The highest BCUT2D eigenvalue weighted by atomic mass is 16.5. The second kappa shape index (κ2) is 4.88. The first kappa shape index (κ1) is 10.8. The number of para-hydroxylation sites is 2. The molecule has 0 atom stereocenters. The molecule has 84 valence electrons. The highest BCUT2D eigenvalue weighted by molar-refractivity contribution is 5.58. The molecule has 1 aliphatic carbocycles. The average Bonchev–Trinajstić information content (AvgIpc) is 2.31. The molecule has 0 saturated carbocycles. The van der Waals surface area contributed by atoms with Gasteiger partial charge in [0.2, 0.25) is 0 Å². The maximum atomic E-state index is 5.88. The average molecular weight is 215 g/mol. The summed E-state index contributed by atoms with van der Waals surface area (Å²) in [5.74, 6) is 1.85. The fraction of sp³-hybridized carbons (Fsp3) is 0.286. The van der Waals surface area contributed by atoms with Gasteiger partial charge in [-0.15, -0.1) is 0 Å². The second-order valence-electron chi connectivity index (χ2n) is 4.05. The number of nitrogens with zero attached hydrogens (tertiary/aromatic N) is 1. The molecular formula is C14H17NO. The third-order valence-electron chi connectivity index (χ3n) is 2.54. The molecule has 0 N–H and O–H groups in total. The summed E-state index contributed by atoms with van der Waals surface area (Å²) >= 11 is 0. The van der Waals surface area contributed by atoms with Gasteiger partial charge in [0.25, 0.3) is 0 Å². The lowest BCUT2D eigenvalue weighted by Crippen LogP contribution is -2.10. The van der Waals surface area contributed by atoms with Gasteiger partial charge in [-0.2, -0.15) is 0 Å². The van der Waals surface area contributed by atoms with Crippen LogP contribution in [0, 0.1) is 0 Å². The fourth-order valence-corrected chi connectivity index (χ4v) is 1.70. The molecule has 0 unspecified atom stereocenters. The van der Waals surface area contributed by atoms with E-state index in [2.05, 4.69) is 23.1 Å². The molecule has 0 bridgehead atoms. The van der Waals surface area contributed by atoms with E-state index in [-0.39, 0.29) is 0 Å². The van der Waals surface area contributed by atoms with Crippen molar-refractivity contribution < 1.29 is 4.74 Å². The third kappa shape index (κ3) is 2.45. The van der Waals surface area contributed by atoms with E-state index in [9.17, 15) is 0 Å². The van der Waals surface area contributed by atoms with Crippen LogP contribution >= 0.6 is 0 Å². The fourth-order valence-electron chi connectivity index (χ4n) is 1.70. The number of hydrogen-bond donors (Lipinski definition) is 0. The van der Waals surface area contributed by atoms with Crippen molar-refractivity contribution in [1.82, 2.24) is 0 Å². The summed E-state index contributed by atoms with van der Waals surface area (Å²) in [6, 6.07) is 8.07. The Hall–Kier alpha value is -1.70. The molecule has 0 aromatic heterocycles. The summed E-state index contributed by atoms with van der Waals surface area (Å²) in [7, 11) is 4.04. The highest BCUT2D eigenvalue weighted by Gasteiger charge is 2.06. The molecule has 0 spiro atoms. The Balaban J connectivity index is 2.20. The largest absolute Gasteiger partial charge is 0.456 e. The summed E-state index contributed by atoms with van der Waals surface area (Å²) in [6.07, 6.45) is 8.49. The van der Waals surface area contributed by atoms with Crippen LogP contribution in [0.3, 0.4) is 0 Å². The zero-order valence-electron chi connectivity index (χ0n) is 9.81. The zero-order valence-corrected chi connectivity index (χ0v) is 9.81. The van der Waals surface area contributed by atoms with Crippen LogP contribution < -0.4 is 9.64 Å². The van der Waals surface area contributed by atoms with E-state index in [0.29, 0.717) is 0 Å². The second-order valence-corrected chi connectivity index (χ2v) is 4.05. The minimum Gasteiger partial charge on any atom is -0.456 e. The van der Waals surface area contributed by atoms with Gasteiger partial charge in [-0.25, -0.2) is 0 Å². The normalized spacial score (nSPS) is 14.5. The number of ether oxygens (including phenoxy) is 1. The van der Waals surface area contributed by atoms with Crippen molar-refractivity contribution in [2.75, 3.05) is 19.0 Å². The van der Waals surface area contributed by atoms with Crippen molar-refractivity contribution >= 4 is 5.69 Å². The van der Waals surface area contributed by atoms with E-state index in [1.807, 2.05) is 38.4 Å². The van der Waals surface area contributed by atoms with E-state index in [0.717, 1.165) is 30.0 Å². The molecule has 1 aromatic rings. The van der Waals surface area contributed by atoms with E-state index in [4.69, 9.17) is 4.74 Å². The SMILES string of the molecule is CN(C)c1ccccc1OC1=CCCC=C1. The van der Waals surface area contributed by atoms with Gasteiger partial charge in [-0.05, 0) is 37.1 Å². The predicted octanol–water partition coefficient (Wildman–Crippen LogP) is 3.37. The van der Waals surface area contributed by atoms with Gasteiger partial charge in [0.1, 0.15) is 5.76 Å². The first-order valence-electron chi connectivity index (χ1n) is 5.58. The summed E-state index contributed by atoms with van der Waals surface area (Å²) in [6.45, 7) is 0. The summed E-state index contributed by atoms with van der Waals surface area (Å²) in [5.41, 5.74) is 1.10. The Morgan fingerprint density at radius 1 is 1.12 bits per heavy atom. The Morgan fingerprint density at radius 3 is 2.62 bits per heavy atom. The Bertz CT molecular complexity index is 418. The Morgan fingerprint density at radius 2 is 1.94 bits per heavy atom. The van der Waals surface area contributed by atoms with E-state index < -0.39 is 0 Å². The van der Waals surface area contributed by atoms with Crippen LogP contribution in [-0.2, 0) is 0 Å². The lowest BCUT2D eigenvalue weighted by molar-refractivity contribution is 0.439. The van der Waals surface area contributed by atoms with Crippen molar-refractivity contribution in [2.24, 2.45) is 0 Å². The van der Waals surface area contributed by atoms with E-state index >= 15 is 0 Å². The van der Waals surface area contributed by atoms with Gasteiger partial charge >= 0.3 is 0 Å². The Labute approximate surface area is 96.8 Å². The minimum atomic E-state index is 0.908. The van der Waals surface area contributed by atoms with Crippen molar-refractivity contribution in [3.05, 3.63) is 48.3 Å². The first-order chi connectivity index (χ1) is 7.77. The summed E-state index contributed by atoms with van der Waals surface area (Å²) in [5, 5.41) is 0. The van der Waals surface area contributed by atoms with Crippen LogP contribution in [0.5, 0.6) is 5.75 Å². The number of anilines is 1. The third-order valence-corrected chi connectivity index (χ3v) is 2.54. The van der Waals surface area contributed by atoms with Gasteiger partial charge < -0.3 is 9.64 Å². The van der Waals surface area contributed by atoms with Crippen LogP contribution in [0.4, 0.5) is 5.69 Å². The molecule has 0 aliphatic heterocycles. The maximum absolute atomic E-state index is 5.88. The molecule has 0 amide bonds. The molecule has 2 nitrogen and oxygen atoms in total. The number of allylic oxidation sites excluding steroid dienone is 3. The van der Waals surface area contributed by atoms with Gasteiger partial charge in [0.15, 0.2) is 5.75 Å². The lowest BCUT2D eigenvalue weighted by atomic mass is 10.2.